The molecule has 1 N–H and O–H groups in total. The van der Waals surface area contributed by atoms with Crippen molar-refractivity contribution in [2.75, 3.05) is 5.32 Å². The van der Waals surface area contributed by atoms with Crippen LogP contribution in [0.15, 0.2) is 66.7 Å². The maximum absolute atomic E-state index is 13.2. The van der Waals surface area contributed by atoms with Crippen LogP contribution in [0, 0.1) is 5.82 Å². The Kier molecular flexibility index (Phi) is 5.27. The Hall–Kier alpha value is -3.21. The van der Waals surface area contributed by atoms with Gasteiger partial charge in [-0.3, -0.25) is 9.59 Å². The summed E-state index contributed by atoms with van der Waals surface area (Å²) in [6.07, 6.45) is -0.917. The summed E-state index contributed by atoms with van der Waals surface area (Å²) in [5.74, 6) is -1.46. The number of esters is 1. The highest BCUT2D eigenvalue weighted by atomic mass is 19.1. The molecule has 0 aliphatic heterocycles. The molecule has 0 aliphatic carbocycles. The predicted octanol–water partition coefficient (Wildman–Crippen LogP) is 4.09. The molecule has 132 valence electrons. The van der Waals surface area contributed by atoms with Gasteiger partial charge in [-0.15, -0.1) is 0 Å². The van der Waals surface area contributed by atoms with Crippen LogP contribution in [0.3, 0.4) is 0 Å². The average Bonchev–Trinajstić information content (AvgIpc) is 2.62. The van der Waals surface area contributed by atoms with Gasteiger partial charge in [-0.05, 0) is 41.5 Å². The smallest absolute Gasteiger partial charge is 0.311 e. The Balaban J connectivity index is 1.62. The zero-order valence-corrected chi connectivity index (χ0v) is 14.2. The van der Waals surface area contributed by atoms with Crippen LogP contribution in [0.1, 0.15) is 12.5 Å². The third kappa shape index (κ3) is 4.25. The topological polar surface area (TPSA) is 55.4 Å². The summed E-state index contributed by atoms with van der Waals surface area (Å²) in [6.45, 7) is 1.48. The summed E-state index contributed by atoms with van der Waals surface area (Å²) < 4.78 is 18.4. The number of fused-ring (bicyclic) bond motifs is 1. The molecule has 3 rings (SSSR count). The quantitative estimate of drug-likeness (QED) is 0.705. The molecule has 26 heavy (non-hydrogen) atoms. The number of nitrogens with one attached hydrogen (secondary N) is 1. The summed E-state index contributed by atoms with van der Waals surface area (Å²) in [5, 5.41) is 4.54. The summed E-state index contributed by atoms with van der Waals surface area (Å²) >= 11 is 0. The number of hydrogen-bond acceptors (Lipinski definition) is 3. The largest absolute Gasteiger partial charge is 0.452 e. The van der Waals surface area contributed by atoms with Crippen molar-refractivity contribution in [3.63, 3.8) is 0 Å². The maximum atomic E-state index is 13.2. The van der Waals surface area contributed by atoms with Crippen molar-refractivity contribution >= 4 is 28.3 Å². The first-order valence-corrected chi connectivity index (χ1v) is 8.25. The summed E-state index contributed by atoms with van der Waals surface area (Å²) in [4.78, 5) is 24.3. The van der Waals surface area contributed by atoms with E-state index in [0.717, 1.165) is 16.3 Å². The lowest BCUT2D eigenvalue weighted by atomic mass is 10.0. The molecular weight excluding hydrogens is 333 g/mol. The second-order valence-corrected chi connectivity index (χ2v) is 5.95. The van der Waals surface area contributed by atoms with Crippen molar-refractivity contribution in [3.8, 4) is 0 Å². The fraction of sp³-hybridized carbons (Fsp3) is 0.143. The molecule has 1 atom stereocenters. The molecule has 0 fully saturated rings. The Bertz CT molecular complexity index is 949. The minimum absolute atomic E-state index is 0.0684. The lowest BCUT2D eigenvalue weighted by Gasteiger charge is -2.14. The lowest BCUT2D eigenvalue weighted by Crippen LogP contribution is -2.30. The number of hydrogen-bond donors (Lipinski definition) is 1. The van der Waals surface area contributed by atoms with Gasteiger partial charge in [0, 0.05) is 5.69 Å². The van der Waals surface area contributed by atoms with E-state index < -0.39 is 23.8 Å². The molecule has 3 aromatic carbocycles. The van der Waals surface area contributed by atoms with Crippen molar-refractivity contribution in [3.05, 3.63) is 78.1 Å². The minimum Gasteiger partial charge on any atom is -0.452 e. The van der Waals surface area contributed by atoms with E-state index in [0.29, 0.717) is 5.69 Å². The average molecular weight is 351 g/mol. The van der Waals surface area contributed by atoms with Crippen molar-refractivity contribution < 1.29 is 18.7 Å². The minimum atomic E-state index is -0.985. The molecule has 1 amide bonds. The first kappa shape index (κ1) is 17.6. The number of carbonyl (C=O) groups is 2. The van der Waals surface area contributed by atoms with Crippen molar-refractivity contribution in [2.24, 2.45) is 0 Å². The van der Waals surface area contributed by atoms with Gasteiger partial charge in [-0.25, -0.2) is 4.39 Å². The normalized spacial score (nSPS) is 11.8. The molecule has 0 saturated heterocycles. The second-order valence-electron chi connectivity index (χ2n) is 5.95. The number of rotatable bonds is 5. The monoisotopic (exact) mass is 351 g/mol. The standard InChI is InChI=1S/C21H18FNO3/c1-14(21(25)23-18-10-5-9-17(22)13-18)26-20(24)12-16-8-4-7-15-6-2-3-11-19(15)16/h2-11,13-14H,12H2,1H3,(H,23,25). The highest BCUT2D eigenvalue weighted by molar-refractivity contribution is 5.95. The van der Waals surface area contributed by atoms with Crippen LogP contribution in [-0.4, -0.2) is 18.0 Å². The maximum Gasteiger partial charge on any atom is 0.311 e. The van der Waals surface area contributed by atoms with Crippen molar-refractivity contribution in [1.29, 1.82) is 0 Å². The number of anilines is 1. The van der Waals surface area contributed by atoms with Gasteiger partial charge in [0.25, 0.3) is 5.91 Å². The van der Waals surface area contributed by atoms with E-state index in [-0.39, 0.29) is 6.42 Å². The Morgan fingerprint density at radius 2 is 1.77 bits per heavy atom. The van der Waals surface area contributed by atoms with E-state index in [1.54, 1.807) is 6.07 Å². The molecule has 0 saturated carbocycles. The van der Waals surface area contributed by atoms with Gasteiger partial charge in [-0.2, -0.15) is 0 Å². The van der Waals surface area contributed by atoms with Crippen LogP contribution in [0.2, 0.25) is 0 Å². The van der Waals surface area contributed by atoms with Gasteiger partial charge in [0.05, 0.1) is 6.42 Å². The molecule has 0 aliphatic rings. The fourth-order valence-electron chi connectivity index (χ4n) is 2.70. The van der Waals surface area contributed by atoms with Gasteiger partial charge in [0.2, 0.25) is 0 Å². The van der Waals surface area contributed by atoms with Crippen LogP contribution in [-0.2, 0) is 20.7 Å². The Morgan fingerprint density at radius 3 is 2.58 bits per heavy atom. The molecule has 0 aromatic heterocycles. The molecule has 4 nitrogen and oxygen atoms in total. The van der Waals surface area contributed by atoms with Gasteiger partial charge in [0.1, 0.15) is 5.82 Å². The zero-order chi connectivity index (χ0) is 18.5. The van der Waals surface area contributed by atoms with E-state index in [4.69, 9.17) is 4.74 Å². The van der Waals surface area contributed by atoms with E-state index >= 15 is 0 Å². The predicted molar refractivity (Wildman–Crippen MR) is 98.2 cm³/mol. The molecule has 1 unspecified atom stereocenters. The first-order valence-electron chi connectivity index (χ1n) is 8.25. The van der Waals surface area contributed by atoms with Crippen molar-refractivity contribution in [2.45, 2.75) is 19.4 Å². The molecule has 5 heteroatoms. The summed E-state index contributed by atoms with van der Waals surface area (Å²) in [5.41, 5.74) is 1.15. The molecule has 0 bridgehead atoms. The number of amides is 1. The molecule has 0 radical (unpaired) electrons. The number of benzene rings is 3. The summed E-state index contributed by atoms with van der Waals surface area (Å²) in [7, 11) is 0. The highest BCUT2D eigenvalue weighted by Gasteiger charge is 2.19. The van der Waals surface area contributed by atoms with Crippen LogP contribution in [0.4, 0.5) is 10.1 Å². The van der Waals surface area contributed by atoms with Crippen molar-refractivity contribution in [1.82, 2.24) is 0 Å². The zero-order valence-electron chi connectivity index (χ0n) is 14.2. The number of carbonyl (C=O) groups excluding carboxylic acids is 2. The highest BCUT2D eigenvalue weighted by Crippen LogP contribution is 2.19. The fourth-order valence-corrected chi connectivity index (χ4v) is 2.70. The summed E-state index contributed by atoms with van der Waals surface area (Å²) in [6, 6.07) is 19.0. The van der Waals surface area contributed by atoms with E-state index in [1.165, 1.54) is 25.1 Å². The molecular formula is C21H18FNO3. The lowest BCUT2D eigenvalue weighted by molar-refractivity contribution is -0.152. The number of ether oxygens (including phenoxy) is 1. The first-order chi connectivity index (χ1) is 12.5. The third-order valence-corrected chi connectivity index (χ3v) is 3.98. The van der Waals surface area contributed by atoms with Gasteiger partial charge >= 0.3 is 5.97 Å². The van der Waals surface area contributed by atoms with Gasteiger partial charge in [0.15, 0.2) is 6.10 Å². The van der Waals surface area contributed by atoms with Gasteiger partial charge < -0.3 is 10.1 Å². The Morgan fingerprint density at radius 1 is 1.04 bits per heavy atom. The van der Waals surface area contributed by atoms with Crippen LogP contribution in [0.25, 0.3) is 10.8 Å². The Labute approximate surface area is 150 Å². The van der Waals surface area contributed by atoms with Crippen LogP contribution in [0.5, 0.6) is 0 Å². The van der Waals surface area contributed by atoms with E-state index in [1.807, 2.05) is 42.5 Å². The molecule has 0 heterocycles. The third-order valence-electron chi connectivity index (χ3n) is 3.98. The van der Waals surface area contributed by atoms with Crippen LogP contribution >= 0.6 is 0 Å². The molecule has 0 spiro atoms. The van der Waals surface area contributed by atoms with E-state index in [9.17, 15) is 14.0 Å². The second kappa shape index (κ2) is 7.78. The molecule has 3 aromatic rings. The number of halogens is 1. The van der Waals surface area contributed by atoms with Crippen LogP contribution < -0.4 is 5.32 Å². The van der Waals surface area contributed by atoms with Gasteiger partial charge in [-0.1, -0.05) is 48.5 Å². The SMILES string of the molecule is CC(OC(=O)Cc1cccc2ccccc12)C(=O)Nc1cccc(F)c1. The van der Waals surface area contributed by atoms with E-state index in [2.05, 4.69) is 5.32 Å².